The molecule has 3 rings (SSSR count). The van der Waals surface area contributed by atoms with Crippen LogP contribution in [0.3, 0.4) is 0 Å². The lowest BCUT2D eigenvalue weighted by molar-refractivity contribution is 0.0782. The molecule has 2 N–H and O–H groups in total. The Morgan fingerprint density at radius 2 is 2.00 bits per heavy atom. The highest BCUT2D eigenvalue weighted by molar-refractivity contribution is 14.0. The van der Waals surface area contributed by atoms with E-state index in [1.807, 2.05) is 18.8 Å². The minimum absolute atomic E-state index is 0. The molecule has 2 heterocycles. The number of hydrogen-bond acceptors (Lipinski definition) is 4. The molecule has 3 aliphatic rings. The number of hydrogen-bond donors (Lipinski definition) is 2. The molecule has 5 nitrogen and oxygen atoms in total. The highest BCUT2D eigenvalue weighted by Gasteiger charge is 2.38. The average molecular weight is 468 g/mol. The van der Waals surface area contributed by atoms with E-state index in [1.54, 1.807) is 0 Å². The topological polar surface area (TPSA) is 48.9 Å². The molecule has 24 heavy (non-hydrogen) atoms. The maximum absolute atomic E-state index is 5.53. The van der Waals surface area contributed by atoms with Crippen LogP contribution in [0.25, 0.3) is 0 Å². The Morgan fingerprint density at radius 1 is 1.29 bits per heavy atom. The number of guanidine groups is 1. The fourth-order valence-corrected chi connectivity index (χ4v) is 4.53. The van der Waals surface area contributed by atoms with Crippen molar-refractivity contribution in [3.05, 3.63) is 0 Å². The van der Waals surface area contributed by atoms with E-state index in [0.29, 0.717) is 12.0 Å². The number of aliphatic imine (C=N–C) groups is 1. The van der Waals surface area contributed by atoms with E-state index in [0.717, 1.165) is 51.1 Å². The maximum atomic E-state index is 5.53. The van der Waals surface area contributed by atoms with Crippen molar-refractivity contribution in [1.29, 1.82) is 0 Å². The zero-order valence-electron chi connectivity index (χ0n) is 15.2. The van der Waals surface area contributed by atoms with E-state index in [2.05, 4.69) is 33.7 Å². The minimum Gasteiger partial charge on any atom is -0.381 e. The largest absolute Gasteiger partial charge is 0.381 e. The van der Waals surface area contributed by atoms with Crippen molar-refractivity contribution >= 4 is 41.7 Å². The van der Waals surface area contributed by atoms with Crippen LogP contribution in [0.4, 0.5) is 0 Å². The summed E-state index contributed by atoms with van der Waals surface area (Å²) < 4.78 is 5.82. The highest BCUT2D eigenvalue weighted by atomic mass is 127. The molecular formula is C17H33IN4OS. The molecule has 1 saturated carbocycles. The molecule has 2 saturated heterocycles. The average Bonchev–Trinajstić information content (AvgIpc) is 3.37. The molecule has 3 fully saturated rings. The van der Waals surface area contributed by atoms with Gasteiger partial charge in [-0.05, 0) is 37.9 Å². The first-order chi connectivity index (χ1) is 11.2. The number of ether oxygens (including phenoxy) is 1. The number of nitrogens with one attached hydrogen (secondary N) is 2. The standard InChI is InChI=1S/C17H32N4OS.HI/c1-13-10-21(14-4-5-14)11-15(13)20-16(18-2)19-12-17(23-3)6-8-22-9-7-17;/h13-15H,4-12H2,1-3H3,(H2,18,19,20);1H. The van der Waals surface area contributed by atoms with Crippen LogP contribution in [-0.4, -0.2) is 73.8 Å². The molecule has 0 bridgehead atoms. The smallest absolute Gasteiger partial charge is 0.191 e. The van der Waals surface area contributed by atoms with Crippen molar-refractivity contribution < 1.29 is 4.74 Å². The van der Waals surface area contributed by atoms with Crippen molar-refractivity contribution in [2.45, 2.75) is 49.4 Å². The zero-order chi connectivity index (χ0) is 16.3. The van der Waals surface area contributed by atoms with Crippen LogP contribution in [-0.2, 0) is 4.74 Å². The number of nitrogens with zero attached hydrogens (tertiary/aromatic N) is 2. The molecule has 7 heteroatoms. The molecule has 0 amide bonds. The second-order valence-corrected chi connectivity index (χ2v) is 8.61. The van der Waals surface area contributed by atoms with Gasteiger partial charge in [-0.3, -0.25) is 9.89 Å². The predicted molar refractivity (Wildman–Crippen MR) is 114 cm³/mol. The highest BCUT2D eigenvalue weighted by Crippen LogP contribution is 2.33. The number of thioether (sulfide) groups is 1. The molecule has 2 aliphatic heterocycles. The molecule has 1 aliphatic carbocycles. The molecule has 0 radical (unpaired) electrons. The third-order valence-electron chi connectivity index (χ3n) is 5.66. The third kappa shape index (κ3) is 5.14. The van der Waals surface area contributed by atoms with Gasteiger partial charge in [-0.2, -0.15) is 11.8 Å². The van der Waals surface area contributed by atoms with E-state index in [-0.39, 0.29) is 28.7 Å². The first-order valence-electron chi connectivity index (χ1n) is 9.00. The van der Waals surface area contributed by atoms with Crippen molar-refractivity contribution in [2.75, 3.05) is 46.2 Å². The van der Waals surface area contributed by atoms with Crippen LogP contribution < -0.4 is 10.6 Å². The molecule has 0 aromatic rings. The minimum atomic E-state index is 0. The lowest BCUT2D eigenvalue weighted by atomic mass is 9.99. The van der Waals surface area contributed by atoms with Crippen molar-refractivity contribution in [2.24, 2.45) is 10.9 Å². The van der Waals surface area contributed by atoms with Gasteiger partial charge in [0.15, 0.2) is 5.96 Å². The van der Waals surface area contributed by atoms with Gasteiger partial charge in [0.25, 0.3) is 0 Å². The van der Waals surface area contributed by atoms with Gasteiger partial charge in [-0.1, -0.05) is 6.92 Å². The Morgan fingerprint density at radius 3 is 2.58 bits per heavy atom. The van der Waals surface area contributed by atoms with Crippen LogP contribution in [0.2, 0.25) is 0 Å². The molecule has 0 spiro atoms. The Hall–Kier alpha value is 0.270. The lowest BCUT2D eigenvalue weighted by Gasteiger charge is -2.36. The van der Waals surface area contributed by atoms with Crippen molar-refractivity contribution in [3.8, 4) is 0 Å². The quantitative estimate of drug-likeness (QED) is 0.368. The summed E-state index contributed by atoms with van der Waals surface area (Å²) in [6.07, 6.45) is 7.24. The SMILES string of the molecule is CN=C(NCC1(SC)CCOCC1)NC1CN(C2CC2)CC1C.I. The first kappa shape index (κ1) is 20.6. The van der Waals surface area contributed by atoms with Crippen LogP contribution in [0, 0.1) is 5.92 Å². The Kier molecular flexibility index (Phi) is 7.96. The van der Waals surface area contributed by atoms with Gasteiger partial charge in [0, 0.05) is 56.7 Å². The van der Waals surface area contributed by atoms with E-state index >= 15 is 0 Å². The summed E-state index contributed by atoms with van der Waals surface area (Å²) in [4.78, 5) is 7.11. The van der Waals surface area contributed by atoms with E-state index in [1.165, 1.54) is 19.4 Å². The van der Waals surface area contributed by atoms with Crippen LogP contribution in [0.1, 0.15) is 32.6 Å². The fourth-order valence-electron chi connectivity index (χ4n) is 3.74. The monoisotopic (exact) mass is 468 g/mol. The molecule has 2 unspecified atom stereocenters. The molecular weight excluding hydrogens is 435 g/mol. The number of likely N-dealkylation sites (tertiary alicyclic amines) is 1. The zero-order valence-corrected chi connectivity index (χ0v) is 18.4. The van der Waals surface area contributed by atoms with Crippen LogP contribution in [0.15, 0.2) is 4.99 Å². The summed E-state index contributed by atoms with van der Waals surface area (Å²) in [5, 5.41) is 7.25. The number of rotatable bonds is 5. The normalized spacial score (nSPS) is 30.7. The van der Waals surface area contributed by atoms with Gasteiger partial charge in [0.1, 0.15) is 0 Å². The van der Waals surface area contributed by atoms with E-state index < -0.39 is 0 Å². The maximum Gasteiger partial charge on any atom is 0.191 e. The predicted octanol–water partition coefficient (Wildman–Crippen LogP) is 2.16. The summed E-state index contributed by atoms with van der Waals surface area (Å²) in [5.74, 6) is 1.64. The number of halogens is 1. The van der Waals surface area contributed by atoms with Gasteiger partial charge >= 0.3 is 0 Å². The molecule has 2 atom stereocenters. The third-order valence-corrected chi connectivity index (χ3v) is 7.08. The fraction of sp³-hybridized carbons (Fsp3) is 0.941. The van der Waals surface area contributed by atoms with Crippen molar-refractivity contribution in [1.82, 2.24) is 15.5 Å². The van der Waals surface area contributed by atoms with Gasteiger partial charge in [-0.25, -0.2) is 0 Å². The van der Waals surface area contributed by atoms with Gasteiger partial charge in [-0.15, -0.1) is 24.0 Å². The second kappa shape index (κ2) is 9.28. The molecule has 0 aromatic heterocycles. The van der Waals surface area contributed by atoms with E-state index in [4.69, 9.17) is 4.74 Å². The summed E-state index contributed by atoms with van der Waals surface area (Å²) >= 11 is 1.97. The Labute approximate surface area is 168 Å². The second-order valence-electron chi connectivity index (χ2n) is 7.34. The Balaban J connectivity index is 0.00000208. The van der Waals surface area contributed by atoms with Gasteiger partial charge in [0.05, 0.1) is 0 Å². The first-order valence-corrected chi connectivity index (χ1v) is 10.2. The van der Waals surface area contributed by atoms with Gasteiger partial charge < -0.3 is 15.4 Å². The Bertz CT molecular complexity index is 427. The molecule has 140 valence electrons. The van der Waals surface area contributed by atoms with Crippen molar-refractivity contribution in [3.63, 3.8) is 0 Å². The van der Waals surface area contributed by atoms with Gasteiger partial charge in [0.2, 0.25) is 0 Å². The summed E-state index contributed by atoms with van der Waals surface area (Å²) in [5.41, 5.74) is 0. The summed E-state index contributed by atoms with van der Waals surface area (Å²) in [7, 11) is 1.88. The summed E-state index contributed by atoms with van der Waals surface area (Å²) in [6, 6.07) is 1.38. The lowest BCUT2D eigenvalue weighted by Crippen LogP contribution is -2.51. The van der Waals surface area contributed by atoms with Crippen LogP contribution in [0.5, 0.6) is 0 Å². The van der Waals surface area contributed by atoms with E-state index in [9.17, 15) is 0 Å². The summed E-state index contributed by atoms with van der Waals surface area (Å²) in [6.45, 7) is 7.47. The molecule has 0 aromatic carbocycles. The van der Waals surface area contributed by atoms with Crippen LogP contribution >= 0.6 is 35.7 Å².